The van der Waals surface area contributed by atoms with Gasteiger partial charge in [-0.15, -0.1) is 0 Å². The van der Waals surface area contributed by atoms with Gasteiger partial charge in [-0.25, -0.2) is 0 Å². The van der Waals surface area contributed by atoms with Crippen LogP contribution in [0.15, 0.2) is 12.1 Å². The second-order valence-electron chi connectivity index (χ2n) is 4.16. The number of likely N-dealkylation sites (N-methyl/N-ethyl adjacent to an activating group) is 1. The van der Waals surface area contributed by atoms with Gasteiger partial charge < -0.3 is 10.2 Å². The summed E-state index contributed by atoms with van der Waals surface area (Å²) in [6.45, 7) is 3.30. The van der Waals surface area contributed by atoms with Gasteiger partial charge in [-0.1, -0.05) is 17.7 Å². The number of halogens is 1. The summed E-state index contributed by atoms with van der Waals surface area (Å²) in [7, 11) is 1.69. The quantitative estimate of drug-likeness (QED) is 0.829. The largest absolute Gasteiger partial charge is 0.341 e. The molecular weight excluding hydrogens is 240 g/mol. The number of aryl methyl sites for hydroxylation is 1. The second kappa shape index (κ2) is 4.04. The number of hydrogen-bond donors (Lipinski definition) is 1. The summed E-state index contributed by atoms with van der Waals surface area (Å²) in [5.41, 5.74) is 2.45. The molecule has 1 aliphatic heterocycles. The molecule has 90 valence electrons. The zero-order chi connectivity index (χ0) is 12.7. The van der Waals surface area contributed by atoms with Crippen LogP contribution in [0.3, 0.4) is 0 Å². The van der Waals surface area contributed by atoms with Crippen molar-refractivity contribution >= 4 is 29.1 Å². The van der Waals surface area contributed by atoms with Gasteiger partial charge in [-0.2, -0.15) is 0 Å². The van der Waals surface area contributed by atoms with E-state index in [0.29, 0.717) is 10.6 Å². The minimum atomic E-state index is -0.667. The van der Waals surface area contributed by atoms with Crippen molar-refractivity contribution in [3.8, 4) is 0 Å². The van der Waals surface area contributed by atoms with Crippen LogP contribution in [0.2, 0.25) is 5.02 Å². The van der Waals surface area contributed by atoms with E-state index in [1.807, 2.05) is 13.0 Å². The molecule has 0 aromatic heterocycles. The third-order valence-electron chi connectivity index (χ3n) is 2.91. The van der Waals surface area contributed by atoms with Gasteiger partial charge in [0.15, 0.2) is 0 Å². The zero-order valence-electron chi connectivity index (χ0n) is 9.87. The van der Waals surface area contributed by atoms with Gasteiger partial charge in [0.05, 0.1) is 5.69 Å². The van der Waals surface area contributed by atoms with E-state index >= 15 is 0 Å². The molecule has 0 spiro atoms. The molecule has 1 unspecified atom stereocenters. The molecule has 0 saturated carbocycles. The molecule has 1 atom stereocenters. The predicted octanol–water partition coefficient (Wildman–Crippen LogP) is 1.80. The first-order valence-electron chi connectivity index (χ1n) is 5.27. The standard InChI is InChI=1S/C12H13ClN2O2/c1-6-4-5-8(13)9-10(14-7(2)16)12(17)15(3)11(6)9/h4-5,10H,1-3H3,(H,14,16). The molecule has 0 bridgehead atoms. The van der Waals surface area contributed by atoms with Gasteiger partial charge >= 0.3 is 0 Å². The number of hydrogen-bond acceptors (Lipinski definition) is 2. The Kier molecular flexibility index (Phi) is 2.83. The summed E-state index contributed by atoms with van der Waals surface area (Å²) in [5.74, 6) is -0.409. The van der Waals surface area contributed by atoms with E-state index in [2.05, 4.69) is 5.32 Å². The fraction of sp³-hybridized carbons (Fsp3) is 0.333. The summed E-state index contributed by atoms with van der Waals surface area (Å²) in [4.78, 5) is 24.7. The van der Waals surface area contributed by atoms with Crippen LogP contribution in [0.25, 0.3) is 0 Å². The van der Waals surface area contributed by atoms with E-state index in [-0.39, 0.29) is 11.8 Å². The molecule has 4 nitrogen and oxygen atoms in total. The van der Waals surface area contributed by atoms with Gasteiger partial charge in [-0.3, -0.25) is 9.59 Å². The number of fused-ring (bicyclic) bond motifs is 1. The molecule has 1 aliphatic rings. The lowest BCUT2D eigenvalue weighted by Gasteiger charge is -2.12. The number of nitrogens with zero attached hydrogens (tertiary/aromatic N) is 1. The maximum Gasteiger partial charge on any atom is 0.254 e. The predicted molar refractivity (Wildman–Crippen MR) is 66.2 cm³/mol. The molecule has 5 heteroatoms. The average Bonchev–Trinajstić information content (AvgIpc) is 2.49. The van der Waals surface area contributed by atoms with Gasteiger partial charge in [0, 0.05) is 24.6 Å². The van der Waals surface area contributed by atoms with E-state index in [1.165, 1.54) is 11.8 Å². The normalized spacial score (nSPS) is 18.2. The van der Waals surface area contributed by atoms with Crippen molar-refractivity contribution in [1.82, 2.24) is 5.32 Å². The monoisotopic (exact) mass is 252 g/mol. The lowest BCUT2D eigenvalue weighted by Crippen LogP contribution is -2.34. The molecule has 1 aromatic rings. The Hall–Kier alpha value is -1.55. The first-order chi connectivity index (χ1) is 7.93. The fourth-order valence-corrected chi connectivity index (χ4v) is 2.44. The van der Waals surface area contributed by atoms with Crippen molar-refractivity contribution in [3.63, 3.8) is 0 Å². The van der Waals surface area contributed by atoms with Gasteiger partial charge in [0.25, 0.3) is 5.91 Å². The van der Waals surface area contributed by atoms with Crippen LogP contribution in [0, 0.1) is 6.92 Å². The van der Waals surface area contributed by atoms with Crippen LogP contribution in [0.5, 0.6) is 0 Å². The van der Waals surface area contributed by atoms with Crippen LogP contribution >= 0.6 is 11.6 Å². The molecule has 1 aromatic carbocycles. The molecule has 0 saturated heterocycles. The Labute approximate surface area is 105 Å². The summed E-state index contributed by atoms with van der Waals surface area (Å²) >= 11 is 6.12. The van der Waals surface area contributed by atoms with Crippen molar-refractivity contribution in [2.24, 2.45) is 0 Å². The molecule has 2 amide bonds. The van der Waals surface area contributed by atoms with Crippen molar-refractivity contribution < 1.29 is 9.59 Å². The lowest BCUT2D eigenvalue weighted by molar-refractivity contribution is -0.125. The van der Waals surface area contributed by atoms with Crippen LogP contribution in [-0.2, 0) is 9.59 Å². The Morgan fingerprint density at radius 3 is 2.71 bits per heavy atom. The highest BCUT2D eigenvalue weighted by Crippen LogP contribution is 2.41. The van der Waals surface area contributed by atoms with E-state index in [9.17, 15) is 9.59 Å². The molecule has 17 heavy (non-hydrogen) atoms. The molecular formula is C12H13ClN2O2. The van der Waals surface area contributed by atoms with Crippen molar-refractivity contribution in [3.05, 3.63) is 28.3 Å². The highest BCUT2D eigenvalue weighted by atomic mass is 35.5. The second-order valence-corrected chi connectivity index (χ2v) is 4.56. The number of anilines is 1. The Balaban J connectivity index is 2.59. The third kappa shape index (κ3) is 1.78. The Morgan fingerprint density at radius 1 is 1.47 bits per heavy atom. The smallest absolute Gasteiger partial charge is 0.254 e. The molecule has 1 N–H and O–H groups in total. The molecule has 0 radical (unpaired) electrons. The SMILES string of the molecule is CC(=O)NC1C(=O)N(C)c2c(C)ccc(Cl)c21. The first kappa shape index (κ1) is 11.9. The van der Waals surface area contributed by atoms with Crippen LogP contribution in [0.1, 0.15) is 24.1 Å². The fourth-order valence-electron chi connectivity index (χ4n) is 2.18. The number of nitrogens with one attached hydrogen (secondary N) is 1. The summed E-state index contributed by atoms with van der Waals surface area (Å²) in [5, 5.41) is 3.13. The van der Waals surface area contributed by atoms with Gasteiger partial charge in [0.2, 0.25) is 5.91 Å². The highest BCUT2D eigenvalue weighted by molar-refractivity contribution is 6.33. The number of carbonyl (C=O) groups is 2. The van der Waals surface area contributed by atoms with E-state index in [4.69, 9.17) is 11.6 Å². The molecule has 2 rings (SSSR count). The molecule has 0 aliphatic carbocycles. The maximum absolute atomic E-state index is 12.1. The third-order valence-corrected chi connectivity index (χ3v) is 3.24. The van der Waals surface area contributed by atoms with E-state index < -0.39 is 6.04 Å². The van der Waals surface area contributed by atoms with Crippen LogP contribution < -0.4 is 10.2 Å². The topological polar surface area (TPSA) is 49.4 Å². The van der Waals surface area contributed by atoms with Gasteiger partial charge in [-0.05, 0) is 18.6 Å². The minimum Gasteiger partial charge on any atom is -0.341 e. The van der Waals surface area contributed by atoms with Crippen LogP contribution in [0.4, 0.5) is 5.69 Å². The van der Waals surface area contributed by atoms with Crippen molar-refractivity contribution in [1.29, 1.82) is 0 Å². The van der Waals surface area contributed by atoms with Crippen molar-refractivity contribution in [2.75, 3.05) is 11.9 Å². The number of benzene rings is 1. The van der Waals surface area contributed by atoms with Crippen molar-refractivity contribution in [2.45, 2.75) is 19.9 Å². The Bertz CT molecular complexity index is 513. The molecule has 1 heterocycles. The zero-order valence-corrected chi connectivity index (χ0v) is 10.6. The van der Waals surface area contributed by atoms with E-state index in [1.54, 1.807) is 13.1 Å². The lowest BCUT2D eigenvalue weighted by atomic mass is 10.0. The number of amides is 2. The average molecular weight is 253 g/mol. The number of carbonyl (C=O) groups excluding carboxylic acids is 2. The Morgan fingerprint density at radius 2 is 2.12 bits per heavy atom. The minimum absolute atomic E-state index is 0.161. The van der Waals surface area contributed by atoms with Crippen LogP contribution in [-0.4, -0.2) is 18.9 Å². The number of rotatable bonds is 1. The highest BCUT2D eigenvalue weighted by Gasteiger charge is 2.38. The summed E-state index contributed by atoms with van der Waals surface area (Å²) in [6.07, 6.45) is 0. The summed E-state index contributed by atoms with van der Waals surface area (Å²) < 4.78 is 0. The van der Waals surface area contributed by atoms with Gasteiger partial charge in [0.1, 0.15) is 6.04 Å². The summed E-state index contributed by atoms with van der Waals surface area (Å²) in [6, 6.07) is 2.94. The molecule has 0 fully saturated rings. The van der Waals surface area contributed by atoms with E-state index in [0.717, 1.165) is 11.3 Å². The maximum atomic E-state index is 12.1. The first-order valence-corrected chi connectivity index (χ1v) is 5.65.